The summed E-state index contributed by atoms with van der Waals surface area (Å²) < 4.78 is 41.1. The number of rotatable bonds is 5. The lowest BCUT2D eigenvalue weighted by Crippen LogP contribution is -2.39. The van der Waals surface area contributed by atoms with Crippen molar-refractivity contribution < 1.29 is 27.9 Å². The van der Waals surface area contributed by atoms with E-state index in [1.165, 1.54) is 12.1 Å². The van der Waals surface area contributed by atoms with Crippen molar-refractivity contribution in [1.82, 2.24) is 9.47 Å². The zero-order valence-corrected chi connectivity index (χ0v) is 20.5. The Hall–Kier alpha value is -2.42. The van der Waals surface area contributed by atoms with Crippen molar-refractivity contribution in [2.24, 2.45) is 5.92 Å². The first kappa shape index (κ1) is 25.7. The number of carboxylic acids is 1. The molecular formula is C24H20Cl3F3N2O3. The number of aromatic nitrogens is 1. The topological polar surface area (TPSA) is 62.5 Å². The zero-order chi connectivity index (χ0) is 25.5. The summed E-state index contributed by atoms with van der Waals surface area (Å²) in [6, 6.07) is 6.51. The van der Waals surface area contributed by atoms with Gasteiger partial charge >= 0.3 is 12.1 Å². The Morgan fingerprint density at radius 3 is 2.34 bits per heavy atom. The molecule has 11 heteroatoms. The van der Waals surface area contributed by atoms with Crippen LogP contribution in [0.5, 0.6) is 0 Å². The molecule has 0 atom stereocenters. The Morgan fingerprint density at radius 1 is 1.03 bits per heavy atom. The molecule has 0 unspecified atom stereocenters. The molecule has 35 heavy (non-hydrogen) atoms. The van der Waals surface area contributed by atoms with Gasteiger partial charge in [-0.2, -0.15) is 13.2 Å². The molecule has 0 aliphatic carbocycles. The number of aliphatic carboxylic acids is 1. The van der Waals surface area contributed by atoms with Crippen molar-refractivity contribution in [3.8, 4) is 0 Å². The van der Waals surface area contributed by atoms with Gasteiger partial charge < -0.3 is 14.6 Å². The van der Waals surface area contributed by atoms with Crippen LogP contribution in [0, 0.1) is 5.92 Å². The third kappa shape index (κ3) is 5.39. The maximum atomic E-state index is 13.2. The van der Waals surface area contributed by atoms with Crippen LogP contribution in [-0.4, -0.2) is 39.5 Å². The fourth-order valence-electron chi connectivity index (χ4n) is 4.43. The van der Waals surface area contributed by atoms with Crippen LogP contribution in [0.3, 0.4) is 0 Å². The molecule has 1 N–H and O–H groups in total. The summed E-state index contributed by atoms with van der Waals surface area (Å²) in [5, 5.41) is 9.68. The minimum Gasteiger partial charge on any atom is -0.481 e. The van der Waals surface area contributed by atoms with Gasteiger partial charge in [-0.3, -0.25) is 9.59 Å². The minimum absolute atomic E-state index is 0.0254. The van der Waals surface area contributed by atoms with E-state index in [1.807, 2.05) is 0 Å². The number of alkyl halides is 3. The summed E-state index contributed by atoms with van der Waals surface area (Å²) in [4.78, 5) is 25.7. The highest BCUT2D eigenvalue weighted by atomic mass is 35.5. The highest BCUT2D eigenvalue weighted by molar-refractivity contribution is 6.38. The molecule has 4 rings (SSSR count). The molecule has 0 saturated carbocycles. The van der Waals surface area contributed by atoms with Crippen LogP contribution in [0.1, 0.15) is 40.7 Å². The van der Waals surface area contributed by atoms with Gasteiger partial charge in [0.25, 0.3) is 5.91 Å². The molecule has 2 heterocycles. The summed E-state index contributed by atoms with van der Waals surface area (Å²) >= 11 is 19.2. The molecule has 2 aromatic carbocycles. The van der Waals surface area contributed by atoms with Crippen molar-refractivity contribution >= 4 is 57.6 Å². The normalized spacial score (nSPS) is 15.1. The van der Waals surface area contributed by atoms with E-state index in [0.29, 0.717) is 47.4 Å². The average Bonchev–Trinajstić information content (AvgIpc) is 3.19. The Morgan fingerprint density at radius 2 is 1.71 bits per heavy atom. The summed E-state index contributed by atoms with van der Waals surface area (Å²) in [6.45, 7) is 0.933. The lowest BCUT2D eigenvalue weighted by Gasteiger charge is -2.31. The van der Waals surface area contributed by atoms with Gasteiger partial charge in [-0.15, -0.1) is 0 Å². The molecule has 1 fully saturated rings. The van der Waals surface area contributed by atoms with Crippen LogP contribution < -0.4 is 0 Å². The number of nitrogens with zero attached hydrogens (tertiary/aromatic N) is 2. The predicted octanol–water partition coefficient (Wildman–Crippen LogP) is 7.00. The van der Waals surface area contributed by atoms with Crippen LogP contribution in [0.15, 0.2) is 36.5 Å². The van der Waals surface area contributed by atoms with Gasteiger partial charge in [0.2, 0.25) is 0 Å². The van der Waals surface area contributed by atoms with Crippen LogP contribution in [0.2, 0.25) is 15.1 Å². The van der Waals surface area contributed by atoms with E-state index in [2.05, 4.69) is 0 Å². The van der Waals surface area contributed by atoms with Crippen molar-refractivity contribution in [2.45, 2.75) is 32.0 Å². The molecule has 0 spiro atoms. The Kier molecular flexibility index (Phi) is 7.27. The van der Waals surface area contributed by atoms with E-state index >= 15 is 0 Å². The number of fused-ring (bicyclic) bond motifs is 1. The van der Waals surface area contributed by atoms with Crippen LogP contribution in [0.25, 0.3) is 10.9 Å². The average molecular weight is 548 g/mol. The molecular weight excluding hydrogens is 528 g/mol. The number of piperidine rings is 1. The van der Waals surface area contributed by atoms with E-state index in [0.717, 1.165) is 12.1 Å². The van der Waals surface area contributed by atoms with Gasteiger partial charge in [-0.25, -0.2) is 0 Å². The molecule has 1 saturated heterocycles. The van der Waals surface area contributed by atoms with Crippen LogP contribution >= 0.6 is 34.8 Å². The molecule has 1 aliphatic heterocycles. The van der Waals surface area contributed by atoms with Gasteiger partial charge in [-0.1, -0.05) is 34.8 Å². The zero-order valence-electron chi connectivity index (χ0n) is 18.2. The van der Waals surface area contributed by atoms with Gasteiger partial charge in [0.1, 0.15) is 0 Å². The summed E-state index contributed by atoms with van der Waals surface area (Å²) in [6.07, 6.45) is -1.69. The standard InChI is InChI=1S/C24H20Cl3F3N2O3/c25-18-2-1-16(23(35)31-6-3-13(4-7-31)9-20(33)34)21(27)17(18)12-32-8-5-14-10-15(24(28,29)30)11-19(26)22(14)32/h1-2,5,8,10-11,13H,3-4,6-7,9,12H2,(H,33,34). The van der Waals surface area contributed by atoms with E-state index in [1.54, 1.807) is 21.7 Å². The number of carbonyl (C=O) groups excluding carboxylic acids is 1. The second-order valence-corrected chi connectivity index (χ2v) is 9.75. The molecule has 5 nitrogen and oxygen atoms in total. The molecule has 0 bridgehead atoms. The highest BCUT2D eigenvalue weighted by Crippen LogP contribution is 2.37. The quantitative estimate of drug-likeness (QED) is 0.374. The smallest absolute Gasteiger partial charge is 0.416 e. The van der Waals surface area contributed by atoms with Crippen molar-refractivity contribution in [3.63, 3.8) is 0 Å². The van der Waals surface area contributed by atoms with Gasteiger partial charge in [0.15, 0.2) is 0 Å². The van der Waals surface area contributed by atoms with Crippen molar-refractivity contribution in [1.29, 1.82) is 0 Å². The molecule has 1 amide bonds. The fraction of sp³-hybridized carbons (Fsp3) is 0.333. The molecule has 186 valence electrons. The van der Waals surface area contributed by atoms with Crippen LogP contribution in [0.4, 0.5) is 13.2 Å². The number of carbonyl (C=O) groups is 2. The van der Waals surface area contributed by atoms with Crippen LogP contribution in [-0.2, 0) is 17.5 Å². The summed E-state index contributed by atoms with van der Waals surface area (Å²) in [5.74, 6) is -1.11. The first-order valence-corrected chi connectivity index (χ1v) is 11.9. The fourth-order valence-corrected chi connectivity index (χ4v) is 5.33. The molecule has 3 aromatic rings. The summed E-state index contributed by atoms with van der Waals surface area (Å²) in [7, 11) is 0. The number of hydrogen-bond acceptors (Lipinski definition) is 2. The van der Waals surface area contributed by atoms with E-state index < -0.39 is 17.7 Å². The van der Waals surface area contributed by atoms with E-state index in [9.17, 15) is 22.8 Å². The van der Waals surface area contributed by atoms with Gasteiger partial charge in [0.05, 0.1) is 33.2 Å². The Bertz CT molecular complexity index is 1300. The minimum atomic E-state index is -4.52. The Labute approximate surface area is 214 Å². The number of halogens is 6. The largest absolute Gasteiger partial charge is 0.481 e. The second kappa shape index (κ2) is 9.91. The first-order valence-electron chi connectivity index (χ1n) is 10.8. The number of carboxylic acid groups (broad SMARTS) is 1. The monoisotopic (exact) mass is 546 g/mol. The molecule has 1 aromatic heterocycles. The highest BCUT2D eigenvalue weighted by Gasteiger charge is 2.32. The van der Waals surface area contributed by atoms with Gasteiger partial charge in [0, 0.05) is 41.7 Å². The Balaban J connectivity index is 1.60. The first-order chi connectivity index (χ1) is 16.5. The maximum absolute atomic E-state index is 13.2. The SMILES string of the molecule is O=C(O)CC1CCN(C(=O)c2ccc(Cl)c(Cn3ccc4cc(C(F)(F)F)cc(Cl)c43)c2Cl)CC1. The number of amides is 1. The third-order valence-corrected chi connectivity index (χ3v) is 7.33. The predicted molar refractivity (Wildman–Crippen MR) is 128 cm³/mol. The lowest BCUT2D eigenvalue weighted by atomic mass is 9.93. The van der Waals surface area contributed by atoms with E-state index in [-0.39, 0.29) is 40.4 Å². The number of likely N-dealkylation sites (tertiary alicyclic amines) is 1. The number of benzene rings is 2. The molecule has 0 radical (unpaired) electrons. The lowest BCUT2D eigenvalue weighted by molar-refractivity contribution is -0.139. The van der Waals surface area contributed by atoms with E-state index in [4.69, 9.17) is 39.9 Å². The summed E-state index contributed by atoms with van der Waals surface area (Å²) in [5.41, 5.74) is 0.241. The van der Waals surface area contributed by atoms with Gasteiger partial charge in [-0.05, 0) is 49.1 Å². The van der Waals surface area contributed by atoms with Crippen molar-refractivity contribution in [2.75, 3.05) is 13.1 Å². The third-order valence-electron chi connectivity index (χ3n) is 6.25. The maximum Gasteiger partial charge on any atom is 0.416 e. The van der Waals surface area contributed by atoms with Crippen molar-refractivity contribution in [3.05, 3.63) is 68.3 Å². The molecule has 1 aliphatic rings. The number of hydrogen-bond donors (Lipinski definition) is 1. The second-order valence-electron chi connectivity index (χ2n) is 8.56.